The zero-order valence-corrected chi connectivity index (χ0v) is 5.00. The van der Waals surface area contributed by atoms with Crippen molar-refractivity contribution in [2.24, 2.45) is 0 Å². The van der Waals surface area contributed by atoms with Crippen molar-refractivity contribution in [1.82, 2.24) is 4.98 Å². The van der Waals surface area contributed by atoms with E-state index in [-0.39, 0.29) is 5.69 Å². The minimum absolute atomic E-state index is 0.279. The molecule has 0 aliphatic rings. The van der Waals surface area contributed by atoms with Crippen LogP contribution in [0, 0.1) is 11.5 Å². The summed E-state index contributed by atoms with van der Waals surface area (Å²) in [5.41, 5.74) is 0.279. The van der Waals surface area contributed by atoms with Gasteiger partial charge in [-0.05, 0) is 12.1 Å². The van der Waals surface area contributed by atoms with Gasteiger partial charge in [-0.15, -0.1) is 5.26 Å². The predicted octanol–water partition coefficient (Wildman–Crippen LogP) is 0.653. The zero-order valence-electron chi connectivity index (χ0n) is 5.00. The molecule has 50 valence electrons. The molecule has 0 aliphatic carbocycles. The summed E-state index contributed by atoms with van der Waals surface area (Å²) in [5.74, 6) is -0.660. The van der Waals surface area contributed by atoms with Crippen LogP contribution in [0.5, 0.6) is 0 Å². The SMILES string of the molecule is N#COC(=O)c1ccc[nH]1. The normalized spacial score (nSPS) is 8.30. The summed E-state index contributed by atoms with van der Waals surface area (Å²) in [6.45, 7) is 0. The van der Waals surface area contributed by atoms with E-state index in [4.69, 9.17) is 5.26 Å². The lowest BCUT2D eigenvalue weighted by molar-refractivity contribution is 0.0679. The molecule has 0 bridgehead atoms. The summed E-state index contributed by atoms with van der Waals surface area (Å²) in [5, 5.41) is 7.93. The van der Waals surface area contributed by atoms with Gasteiger partial charge >= 0.3 is 5.97 Å². The fraction of sp³-hybridized carbons (Fsp3) is 0. The quantitative estimate of drug-likeness (QED) is 0.455. The van der Waals surface area contributed by atoms with E-state index in [0.717, 1.165) is 0 Å². The molecule has 0 radical (unpaired) electrons. The maximum atomic E-state index is 10.6. The number of nitrogens with zero attached hydrogens (tertiary/aromatic N) is 1. The second kappa shape index (κ2) is 2.69. The van der Waals surface area contributed by atoms with Crippen LogP contribution in [0.25, 0.3) is 0 Å². The third-order valence-corrected chi connectivity index (χ3v) is 0.956. The first-order valence-electron chi connectivity index (χ1n) is 2.58. The van der Waals surface area contributed by atoms with Crippen LogP contribution in [-0.4, -0.2) is 11.0 Å². The highest BCUT2D eigenvalue weighted by Crippen LogP contribution is 1.95. The highest BCUT2D eigenvalue weighted by atomic mass is 16.5. The summed E-state index contributed by atoms with van der Waals surface area (Å²) < 4.78 is 4.02. The molecular formula is C6H4N2O2. The molecule has 0 fully saturated rings. The van der Waals surface area contributed by atoms with Crippen molar-refractivity contribution in [3.8, 4) is 6.26 Å². The smallest absolute Gasteiger partial charge is 0.356 e. The first-order valence-corrected chi connectivity index (χ1v) is 2.58. The monoisotopic (exact) mass is 136 g/mol. The lowest BCUT2D eigenvalue weighted by atomic mass is 10.4. The van der Waals surface area contributed by atoms with E-state index >= 15 is 0 Å². The first kappa shape index (κ1) is 6.36. The molecule has 4 nitrogen and oxygen atoms in total. The van der Waals surface area contributed by atoms with Crippen LogP contribution in [-0.2, 0) is 4.74 Å². The van der Waals surface area contributed by atoms with Gasteiger partial charge < -0.3 is 9.72 Å². The Balaban J connectivity index is 2.71. The molecule has 0 aliphatic heterocycles. The van der Waals surface area contributed by atoms with E-state index in [0.29, 0.717) is 0 Å². The second-order valence-electron chi connectivity index (χ2n) is 1.56. The Morgan fingerprint density at radius 2 is 2.60 bits per heavy atom. The molecule has 0 saturated heterocycles. The van der Waals surface area contributed by atoms with E-state index in [9.17, 15) is 4.79 Å². The van der Waals surface area contributed by atoms with Gasteiger partial charge in [0.05, 0.1) is 0 Å². The maximum absolute atomic E-state index is 10.6. The number of hydrogen-bond acceptors (Lipinski definition) is 3. The van der Waals surface area contributed by atoms with E-state index in [2.05, 4.69) is 9.72 Å². The minimum Gasteiger partial charge on any atom is -0.356 e. The van der Waals surface area contributed by atoms with Gasteiger partial charge in [0.25, 0.3) is 6.26 Å². The number of H-pyrrole nitrogens is 1. The van der Waals surface area contributed by atoms with Crippen LogP contribution in [0.1, 0.15) is 10.5 Å². The van der Waals surface area contributed by atoms with Crippen LogP contribution in [0.3, 0.4) is 0 Å². The van der Waals surface area contributed by atoms with E-state index in [1.807, 2.05) is 0 Å². The Kier molecular flexibility index (Phi) is 1.71. The number of aromatic amines is 1. The molecule has 0 unspecified atom stereocenters. The number of carbonyl (C=O) groups excluding carboxylic acids is 1. The lowest BCUT2D eigenvalue weighted by Crippen LogP contribution is -1.99. The molecule has 0 amide bonds. The number of rotatable bonds is 1. The number of hydrogen-bond donors (Lipinski definition) is 1. The topological polar surface area (TPSA) is 65.9 Å². The van der Waals surface area contributed by atoms with Crippen molar-refractivity contribution in [2.45, 2.75) is 0 Å². The Hall–Kier alpha value is -1.76. The number of aromatic nitrogens is 1. The molecule has 1 heterocycles. The summed E-state index contributed by atoms with van der Waals surface area (Å²) >= 11 is 0. The minimum atomic E-state index is -0.660. The predicted molar refractivity (Wildman–Crippen MR) is 31.8 cm³/mol. The highest BCUT2D eigenvalue weighted by molar-refractivity contribution is 5.87. The van der Waals surface area contributed by atoms with E-state index in [1.54, 1.807) is 12.3 Å². The molecule has 1 rings (SSSR count). The fourth-order valence-corrected chi connectivity index (χ4v) is 0.554. The van der Waals surface area contributed by atoms with Crippen molar-refractivity contribution in [1.29, 1.82) is 5.26 Å². The van der Waals surface area contributed by atoms with Gasteiger partial charge in [0.15, 0.2) is 0 Å². The largest absolute Gasteiger partial charge is 0.370 e. The molecule has 4 heteroatoms. The summed E-state index contributed by atoms with van der Waals surface area (Å²) in [4.78, 5) is 13.2. The third kappa shape index (κ3) is 1.14. The van der Waals surface area contributed by atoms with Gasteiger partial charge in [0.1, 0.15) is 5.69 Å². The van der Waals surface area contributed by atoms with Gasteiger partial charge in [-0.25, -0.2) is 4.79 Å². The third-order valence-electron chi connectivity index (χ3n) is 0.956. The van der Waals surface area contributed by atoms with Gasteiger partial charge in [-0.3, -0.25) is 0 Å². The number of nitriles is 1. The number of esters is 1. The molecule has 0 saturated carbocycles. The molecule has 0 spiro atoms. The van der Waals surface area contributed by atoms with Crippen molar-refractivity contribution in [2.75, 3.05) is 0 Å². The van der Waals surface area contributed by atoms with E-state index < -0.39 is 5.97 Å². The number of nitrogens with one attached hydrogen (secondary N) is 1. The van der Waals surface area contributed by atoms with Crippen molar-refractivity contribution >= 4 is 5.97 Å². The second-order valence-corrected chi connectivity index (χ2v) is 1.56. The van der Waals surface area contributed by atoms with Crippen LogP contribution >= 0.6 is 0 Å². The van der Waals surface area contributed by atoms with Crippen LogP contribution in [0.4, 0.5) is 0 Å². The van der Waals surface area contributed by atoms with Gasteiger partial charge in [-0.2, -0.15) is 0 Å². The molecule has 1 N–H and O–H groups in total. The Morgan fingerprint density at radius 1 is 1.80 bits per heavy atom. The molecule has 0 aromatic carbocycles. The average Bonchev–Trinajstić information content (AvgIpc) is 2.38. The van der Waals surface area contributed by atoms with Crippen LogP contribution in [0.15, 0.2) is 18.3 Å². The van der Waals surface area contributed by atoms with E-state index in [1.165, 1.54) is 12.3 Å². The number of ether oxygens (including phenoxy) is 1. The summed E-state index contributed by atoms with van der Waals surface area (Å²) in [7, 11) is 0. The summed E-state index contributed by atoms with van der Waals surface area (Å²) in [6, 6.07) is 3.17. The molecular weight excluding hydrogens is 132 g/mol. The highest BCUT2D eigenvalue weighted by Gasteiger charge is 2.05. The fourth-order valence-electron chi connectivity index (χ4n) is 0.554. The number of carbonyl (C=O) groups is 1. The molecule has 1 aromatic heterocycles. The van der Waals surface area contributed by atoms with Crippen LogP contribution < -0.4 is 0 Å². The van der Waals surface area contributed by atoms with Crippen molar-refractivity contribution in [3.63, 3.8) is 0 Å². The Morgan fingerprint density at radius 3 is 3.10 bits per heavy atom. The molecule has 10 heavy (non-hydrogen) atoms. The average molecular weight is 136 g/mol. The Labute approximate surface area is 57.0 Å². The first-order chi connectivity index (χ1) is 4.84. The Bertz CT molecular complexity index is 258. The summed E-state index contributed by atoms with van der Waals surface area (Å²) in [6.07, 6.45) is 2.86. The van der Waals surface area contributed by atoms with Gasteiger partial charge in [-0.1, -0.05) is 0 Å². The zero-order chi connectivity index (χ0) is 7.40. The standard InChI is InChI=1S/C6H4N2O2/c7-4-10-6(9)5-2-1-3-8-5/h1-3,8H. The van der Waals surface area contributed by atoms with Crippen molar-refractivity contribution < 1.29 is 9.53 Å². The van der Waals surface area contributed by atoms with Gasteiger partial charge in [0.2, 0.25) is 0 Å². The van der Waals surface area contributed by atoms with Gasteiger partial charge in [0, 0.05) is 6.20 Å². The molecule has 1 aromatic rings. The lowest BCUT2D eigenvalue weighted by Gasteiger charge is -1.87. The van der Waals surface area contributed by atoms with Crippen LogP contribution in [0.2, 0.25) is 0 Å². The molecule has 0 atom stereocenters. The van der Waals surface area contributed by atoms with Crippen molar-refractivity contribution in [3.05, 3.63) is 24.0 Å². The maximum Gasteiger partial charge on any atom is 0.370 e.